The molecule has 15 heavy (non-hydrogen) atoms. The van der Waals surface area contributed by atoms with Crippen molar-refractivity contribution in [2.24, 2.45) is 0 Å². The highest BCUT2D eigenvalue weighted by atomic mass is 32.1. The van der Waals surface area contributed by atoms with Crippen molar-refractivity contribution in [3.63, 3.8) is 0 Å². The Balaban J connectivity index is 1.84. The van der Waals surface area contributed by atoms with Crippen LogP contribution in [0.4, 0.5) is 0 Å². The first kappa shape index (κ1) is 9.86. The van der Waals surface area contributed by atoms with Gasteiger partial charge in [-0.25, -0.2) is 0 Å². The molecule has 1 atom stereocenters. The molecule has 0 radical (unpaired) electrons. The lowest BCUT2D eigenvalue weighted by Crippen LogP contribution is -2.11. The van der Waals surface area contributed by atoms with Crippen LogP contribution in [-0.4, -0.2) is 6.54 Å². The summed E-state index contributed by atoms with van der Waals surface area (Å²) in [4.78, 5) is 3.30. The molecule has 2 aliphatic rings. The lowest BCUT2D eigenvalue weighted by Gasteiger charge is -2.06. The lowest BCUT2D eigenvalue weighted by molar-refractivity contribution is 0.658. The number of hydrogen-bond acceptors (Lipinski definition) is 2. The zero-order chi connectivity index (χ0) is 10.1. The van der Waals surface area contributed by atoms with Gasteiger partial charge in [0.25, 0.3) is 0 Å². The fourth-order valence-electron chi connectivity index (χ4n) is 2.79. The molecule has 1 N–H and O–H groups in total. The third kappa shape index (κ3) is 1.98. The predicted octanol–water partition coefficient (Wildman–Crippen LogP) is 3.44. The fourth-order valence-corrected chi connectivity index (χ4v) is 4.16. The molecule has 0 saturated carbocycles. The quantitative estimate of drug-likeness (QED) is 0.716. The van der Waals surface area contributed by atoms with Crippen LogP contribution in [0, 0.1) is 0 Å². The Labute approximate surface area is 95.9 Å². The van der Waals surface area contributed by atoms with Gasteiger partial charge in [0.2, 0.25) is 0 Å². The van der Waals surface area contributed by atoms with E-state index < -0.39 is 0 Å². The summed E-state index contributed by atoms with van der Waals surface area (Å²) in [6, 6.07) is 3.18. The predicted molar refractivity (Wildman–Crippen MR) is 65.6 cm³/mol. The van der Waals surface area contributed by atoms with E-state index in [1.807, 2.05) is 0 Å². The molecule has 1 nitrogen and oxygen atoms in total. The van der Waals surface area contributed by atoms with Crippen molar-refractivity contribution in [3.8, 4) is 0 Å². The minimum Gasteiger partial charge on any atom is -0.309 e. The van der Waals surface area contributed by atoms with Gasteiger partial charge in [-0.05, 0) is 56.7 Å². The van der Waals surface area contributed by atoms with Crippen molar-refractivity contribution >= 4 is 11.3 Å². The van der Waals surface area contributed by atoms with E-state index in [0.717, 1.165) is 0 Å². The van der Waals surface area contributed by atoms with Crippen LogP contribution in [0.25, 0.3) is 0 Å². The Morgan fingerprint density at radius 1 is 1.13 bits per heavy atom. The van der Waals surface area contributed by atoms with E-state index in [4.69, 9.17) is 0 Å². The zero-order valence-corrected chi connectivity index (χ0v) is 10.0. The van der Waals surface area contributed by atoms with Crippen LogP contribution in [0.15, 0.2) is 6.07 Å². The highest BCUT2D eigenvalue weighted by Crippen LogP contribution is 2.35. The highest BCUT2D eigenvalue weighted by Gasteiger charge is 2.20. The molecule has 1 aromatic heterocycles. The van der Waals surface area contributed by atoms with Crippen LogP contribution in [0.3, 0.4) is 0 Å². The van der Waals surface area contributed by atoms with Crippen molar-refractivity contribution in [1.29, 1.82) is 0 Å². The molecule has 1 unspecified atom stereocenters. The molecular weight excluding hydrogens is 202 g/mol. The number of nitrogens with one attached hydrogen (secondary N) is 1. The van der Waals surface area contributed by atoms with E-state index in [-0.39, 0.29) is 0 Å². The second-order valence-corrected chi connectivity index (χ2v) is 5.98. The number of aryl methyl sites for hydroxylation is 2. The molecule has 1 aliphatic heterocycles. The van der Waals surface area contributed by atoms with Crippen LogP contribution in [0.1, 0.15) is 53.5 Å². The molecular formula is C13H19NS. The SMILES string of the molecule is c1c(C2CCCN2)sc2c1CCCCC2. The van der Waals surface area contributed by atoms with Crippen molar-refractivity contribution in [1.82, 2.24) is 5.32 Å². The largest absolute Gasteiger partial charge is 0.309 e. The number of thiophene rings is 1. The van der Waals surface area contributed by atoms with E-state index >= 15 is 0 Å². The molecule has 0 amide bonds. The van der Waals surface area contributed by atoms with Crippen molar-refractivity contribution in [2.45, 2.75) is 51.0 Å². The molecule has 0 bridgehead atoms. The molecule has 0 aromatic carbocycles. The fraction of sp³-hybridized carbons (Fsp3) is 0.692. The second kappa shape index (κ2) is 4.26. The average molecular weight is 221 g/mol. The maximum absolute atomic E-state index is 3.61. The summed E-state index contributed by atoms with van der Waals surface area (Å²) in [6.45, 7) is 1.22. The minimum atomic E-state index is 0.682. The summed E-state index contributed by atoms with van der Waals surface area (Å²) in [5.74, 6) is 0. The molecule has 1 saturated heterocycles. The molecule has 1 aromatic rings. The van der Waals surface area contributed by atoms with E-state index in [0.29, 0.717) is 6.04 Å². The van der Waals surface area contributed by atoms with E-state index in [1.165, 1.54) is 51.5 Å². The molecule has 1 fully saturated rings. The van der Waals surface area contributed by atoms with Gasteiger partial charge in [-0.3, -0.25) is 0 Å². The zero-order valence-electron chi connectivity index (χ0n) is 9.22. The summed E-state index contributed by atoms with van der Waals surface area (Å²) < 4.78 is 0. The third-order valence-electron chi connectivity index (χ3n) is 3.67. The molecule has 2 heterocycles. The highest BCUT2D eigenvalue weighted by molar-refractivity contribution is 7.12. The molecule has 0 spiro atoms. The van der Waals surface area contributed by atoms with Crippen LogP contribution in [0.5, 0.6) is 0 Å². The smallest absolute Gasteiger partial charge is 0.0415 e. The van der Waals surface area contributed by atoms with Crippen molar-refractivity contribution in [3.05, 3.63) is 21.4 Å². The first-order valence-corrected chi connectivity index (χ1v) is 7.10. The van der Waals surface area contributed by atoms with E-state index in [1.54, 1.807) is 15.3 Å². The maximum atomic E-state index is 3.61. The van der Waals surface area contributed by atoms with Gasteiger partial charge < -0.3 is 5.32 Å². The molecule has 82 valence electrons. The Morgan fingerprint density at radius 2 is 2.07 bits per heavy atom. The maximum Gasteiger partial charge on any atom is 0.0415 e. The van der Waals surface area contributed by atoms with Gasteiger partial charge in [0.1, 0.15) is 0 Å². The summed E-state index contributed by atoms with van der Waals surface area (Å²) >= 11 is 2.08. The van der Waals surface area contributed by atoms with Crippen LogP contribution in [-0.2, 0) is 12.8 Å². The third-order valence-corrected chi connectivity index (χ3v) is 5.02. The van der Waals surface area contributed by atoms with Gasteiger partial charge in [-0.1, -0.05) is 6.42 Å². The summed E-state index contributed by atoms with van der Waals surface area (Å²) in [5.41, 5.74) is 1.67. The molecule has 1 aliphatic carbocycles. The molecule has 2 heteroatoms. The van der Waals surface area contributed by atoms with Gasteiger partial charge in [0.15, 0.2) is 0 Å². The average Bonchev–Trinajstić information content (AvgIpc) is 2.84. The van der Waals surface area contributed by atoms with Crippen LogP contribution >= 0.6 is 11.3 Å². The molecule has 3 rings (SSSR count). The first-order valence-electron chi connectivity index (χ1n) is 6.28. The summed E-state index contributed by atoms with van der Waals surface area (Å²) in [6.07, 6.45) is 9.61. The normalized spacial score (nSPS) is 26.3. The van der Waals surface area contributed by atoms with Crippen LogP contribution in [0.2, 0.25) is 0 Å². The lowest BCUT2D eigenvalue weighted by atomic mass is 10.1. The second-order valence-electron chi connectivity index (χ2n) is 4.81. The minimum absolute atomic E-state index is 0.682. The Bertz CT molecular complexity index is 313. The Kier molecular flexibility index (Phi) is 2.80. The Morgan fingerprint density at radius 3 is 2.93 bits per heavy atom. The van der Waals surface area contributed by atoms with Gasteiger partial charge in [0.05, 0.1) is 0 Å². The Hall–Kier alpha value is -0.340. The number of hydrogen-bond donors (Lipinski definition) is 1. The first-order chi connectivity index (χ1) is 7.43. The van der Waals surface area contributed by atoms with Gasteiger partial charge >= 0.3 is 0 Å². The standard InChI is InChI=1S/C13H19NS/c1-2-5-10-9-13(11-6-4-8-14-11)15-12(10)7-3-1/h9,11,14H,1-8H2. The number of fused-ring (bicyclic) bond motifs is 1. The van der Waals surface area contributed by atoms with Gasteiger partial charge in [-0.15, -0.1) is 11.3 Å². The monoisotopic (exact) mass is 221 g/mol. The summed E-state index contributed by atoms with van der Waals surface area (Å²) in [5, 5.41) is 3.61. The summed E-state index contributed by atoms with van der Waals surface area (Å²) in [7, 11) is 0. The van der Waals surface area contributed by atoms with Gasteiger partial charge in [0, 0.05) is 15.8 Å². The number of rotatable bonds is 1. The topological polar surface area (TPSA) is 12.0 Å². The van der Waals surface area contributed by atoms with E-state index in [9.17, 15) is 0 Å². The van der Waals surface area contributed by atoms with Crippen molar-refractivity contribution < 1.29 is 0 Å². The van der Waals surface area contributed by atoms with Gasteiger partial charge in [-0.2, -0.15) is 0 Å². The van der Waals surface area contributed by atoms with Crippen LogP contribution < -0.4 is 5.32 Å². The van der Waals surface area contributed by atoms with E-state index in [2.05, 4.69) is 22.7 Å². The van der Waals surface area contributed by atoms with Crippen molar-refractivity contribution in [2.75, 3.05) is 6.54 Å².